The number of amides is 1. The lowest BCUT2D eigenvalue weighted by atomic mass is 9.50. The van der Waals surface area contributed by atoms with E-state index in [1.54, 1.807) is 25.7 Å². The van der Waals surface area contributed by atoms with E-state index in [0.717, 1.165) is 61.6 Å². The monoisotopic (exact) mass is 574 g/mol. The molecule has 0 radical (unpaired) electrons. The molecule has 1 amide bonds. The summed E-state index contributed by atoms with van der Waals surface area (Å²) in [5.41, 5.74) is 2.87. The van der Waals surface area contributed by atoms with Crippen LogP contribution < -0.4 is 14.2 Å². The number of likely N-dealkylation sites (tertiary alicyclic amines) is 1. The summed E-state index contributed by atoms with van der Waals surface area (Å²) in [7, 11) is 1.65. The number of furan rings is 1. The van der Waals surface area contributed by atoms with Gasteiger partial charge in [-0.1, -0.05) is 13.8 Å². The number of nitrogens with zero attached hydrogens (tertiary/aromatic N) is 2. The molecule has 1 aromatic carbocycles. The maximum absolute atomic E-state index is 13.9. The van der Waals surface area contributed by atoms with E-state index >= 15 is 0 Å². The summed E-state index contributed by atoms with van der Waals surface area (Å²) in [4.78, 5) is 30.9. The molecule has 1 saturated heterocycles. The first-order chi connectivity index (χ1) is 20.3. The van der Waals surface area contributed by atoms with Gasteiger partial charge in [0.1, 0.15) is 11.9 Å². The molecule has 3 fully saturated rings. The molecule has 5 aliphatic rings. The zero-order valence-corrected chi connectivity index (χ0v) is 25.1. The molecule has 2 bridgehead atoms. The zero-order valence-electron chi connectivity index (χ0n) is 25.1. The molecule has 224 valence electrons. The summed E-state index contributed by atoms with van der Waals surface area (Å²) in [6, 6.07) is 3.97. The van der Waals surface area contributed by atoms with Crippen LogP contribution in [0.4, 0.5) is 0 Å². The minimum absolute atomic E-state index is 0.00405. The van der Waals surface area contributed by atoms with Gasteiger partial charge in [-0.05, 0) is 75.0 Å². The van der Waals surface area contributed by atoms with Crippen molar-refractivity contribution in [2.45, 2.75) is 82.9 Å². The van der Waals surface area contributed by atoms with Crippen molar-refractivity contribution in [2.75, 3.05) is 26.7 Å². The molecule has 2 aliphatic heterocycles. The number of hydrogen-bond acceptors (Lipinski definition) is 7. The highest BCUT2D eigenvalue weighted by Crippen LogP contribution is 2.66. The second-order valence-electron chi connectivity index (χ2n) is 13.4. The zero-order chi connectivity index (χ0) is 29.2. The molecule has 0 N–H and O–H groups in total. The van der Waals surface area contributed by atoms with Gasteiger partial charge in [-0.25, -0.2) is 0 Å². The van der Waals surface area contributed by atoms with Gasteiger partial charge in [0.2, 0.25) is 5.91 Å². The first-order valence-corrected chi connectivity index (χ1v) is 15.6. The van der Waals surface area contributed by atoms with Crippen LogP contribution in [0.3, 0.4) is 0 Å². The number of hydrogen-bond donors (Lipinski definition) is 0. The lowest BCUT2D eigenvalue weighted by Crippen LogP contribution is -2.69. The Kier molecular flexibility index (Phi) is 6.87. The van der Waals surface area contributed by atoms with Crippen LogP contribution in [-0.2, 0) is 21.4 Å². The third kappa shape index (κ3) is 4.45. The SMILES string of the molecule is COc1cc(OC(C)=O)c2c3c1O[C@@H]1[C@H](N(CC(C)C)C(=O)C=Cc4ccoc4)CC[C@H]4[C@@H](C2)N(CC2CC2)CC[C@]314. The fourth-order valence-corrected chi connectivity index (χ4v) is 8.63. The number of carbonyl (C=O) groups is 2. The van der Waals surface area contributed by atoms with Crippen molar-refractivity contribution < 1.29 is 28.2 Å². The maximum atomic E-state index is 13.9. The molecule has 42 heavy (non-hydrogen) atoms. The predicted molar refractivity (Wildman–Crippen MR) is 158 cm³/mol. The van der Waals surface area contributed by atoms with Gasteiger partial charge in [0.15, 0.2) is 11.5 Å². The topological polar surface area (TPSA) is 81.5 Å². The number of carbonyl (C=O) groups excluding carboxylic acids is 2. The van der Waals surface area contributed by atoms with Crippen molar-refractivity contribution in [3.05, 3.63) is 47.4 Å². The molecule has 1 spiro atoms. The third-order valence-corrected chi connectivity index (χ3v) is 10.3. The van der Waals surface area contributed by atoms with Crippen LogP contribution in [0.1, 0.15) is 69.6 Å². The van der Waals surface area contributed by atoms with E-state index in [9.17, 15) is 9.59 Å². The molecule has 8 nitrogen and oxygen atoms in total. The molecule has 2 aromatic rings. The molecular weight excluding hydrogens is 532 g/mol. The Balaban J connectivity index is 1.33. The van der Waals surface area contributed by atoms with Crippen LogP contribution in [0.15, 0.2) is 35.2 Å². The highest BCUT2D eigenvalue weighted by molar-refractivity contribution is 5.92. The third-order valence-electron chi connectivity index (χ3n) is 10.3. The van der Waals surface area contributed by atoms with Gasteiger partial charge in [0.05, 0.1) is 25.7 Å². The molecule has 7 rings (SSSR count). The highest BCUT2D eigenvalue weighted by Gasteiger charge is 2.67. The van der Waals surface area contributed by atoms with E-state index < -0.39 is 0 Å². The number of rotatable bonds is 9. The normalized spacial score (nSPS) is 29.4. The minimum atomic E-state index is -0.331. The molecular formula is C34H42N2O6. The Hall–Kier alpha value is -3.26. The molecule has 3 aliphatic carbocycles. The number of methoxy groups -OCH3 is 1. The van der Waals surface area contributed by atoms with Crippen LogP contribution in [-0.4, -0.2) is 66.6 Å². The summed E-state index contributed by atoms with van der Waals surface area (Å²) >= 11 is 0. The number of esters is 1. The Labute approximate surface area is 248 Å². The Morgan fingerprint density at radius 1 is 1.21 bits per heavy atom. The van der Waals surface area contributed by atoms with Gasteiger partial charge in [0, 0.05) is 60.3 Å². The van der Waals surface area contributed by atoms with Crippen LogP contribution in [0.25, 0.3) is 6.08 Å². The van der Waals surface area contributed by atoms with Gasteiger partial charge >= 0.3 is 5.97 Å². The van der Waals surface area contributed by atoms with Gasteiger partial charge in [-0.15, -0.1) is 0 Å². The van der Waals surface area contributed by atoms with Crippen molar-refractivity contribution in [3.8, 4) is 17.2 Å². The minimum Gasteiger partial charge on any atom is -0.493 e. The van der Waals surface area contributed by atoms with Gasteiger partial charge in [-0.2, -0.15) is 0 Å². The van der Waals surface area contributed by atoms with E-state index in [2.05, 4.69) is 23.6 Å². The quantitative estimate of drug-likeness (QED) is 0.231. The van der Waals surface area contributed by atoms with Crippen molar-refractivity contribution in [3.63, 3.8) is 0 Å². The first kappa shape index (κ1) is 27.6. The fraction of sp³-hybridized carbons (Fsp3) is 0.588. The number of benzene rings is 1. The molecule has 0 unspecified atom stereocenters. The van der Waals surface area contributed by atoms with Crippen molar-refractivity contribution in [2.24, 2.45) is 17.8 Å². The van der Waals surface area contributed by atoms with E-state index in [1.807, 2.05) is 18.2 Å². The van der Waals surface area contributed by atoms with Crippen LogP contribution >= 0.6 is 0 Å². The second kappa shape index (κ2) is 10.5. The van der Waals surface area contributed by atoms with Gasteiger partial charge < -0.3 is 23.5 Å². The van der Waals surface area contributed by atoms with Crippen molar-refractivity contribution in [1.82, 2.24) is 9.80 Å². The molecule has 8 heteroatoms. The molecule has 1 aromatic heterocycles. The Morgan fingerprint density at radius 3 is 2.74 bits per heavy atom. The molecule has 3 heterocycles. The predicted octanol–water partition coefficient (Wildman–Crippen LogP) is 5.23. The van der Waals surface area contributed by atoms with Crippen LogP contribution in [0.2, 0.25) is 0 Å². The van der Waals surface area contributed by atoms with E-state index in [0.29, 0.717) is 35.9 Å². The van der Waals surface area contributed by atoms with Crippen molar-refractivity contribution >= 4 is 18.0 Å². The average Bonchev–Trinajstić information content (AvgIpc) is 3.49. The fourth-order valence-electron chi connectivity index (χ4n) is 8.63. The summed E-state index contributed by atoms with van der Waals surface area (Å²) < 4.78 is 24.0. The second-order valence-corrected chi connectivity index (χ2v) is 13.4. The maximum Gasteiger partial charge on any atom is 0.308 e. The van der Waals surface area contributed by atoms with Gasteiger partial charge in [0.25, 0.3) is 0 Å². The smallest absolute Gasteiger partial charge is 0.308 e. The van der Waals surface area contributed by atoms with E-state index in [-0.39, 0.29) is 29.4 Å². The highest BCUT2D eigenvalue weighted by atomic mass is 16.5. The van der Waals surface area contributed by atoms with Crippen LogP contribution in [0.5, 0.6) is 17.2 Å². The van der Waals surface area contributed by atoms with Crippen molar-refractivity contribution in [1.29, 1.82) is 0 Å². The number of piperidine rings is 1. The van der Waals surface area contributed by atoms with Crippen LogP contribution in [0, 0.1) is 17.8 Å². The summed E-state index contributed by atoms with van der Waals surface area (Å²) in [6.45, 7) is 8.59. The van der Waals surface area contributed by atoms with Gasteiger partial charge in [-0.3, -0.25) is 14.5 Å². The Bertz CT molecular complexity index is 1400. The molecule has 2 saturated carbocycles. The van der Waals surface area contributed by atoms with E-state index in [4.69, 9.17) is 18.6 Å². The van der Waals surface area contributed by atoms with E-state index in [1.165, 1.54) is 25.3 Å². The molecule has 5 atom stereocenters. The Morgan fingerprint density at radius 2 is 2.05 bits per heavy atom. The average molecular weight is 575 g/mol. The summed E-state index contributed by atoms with van der Waals surface area (Å²) in [5.74, 6) is 3.16. The lowest BCUT2D eigenvalue weighted by Gasteiger charge is -2.60. The summed E-state index contributed by atoms with van der Waals surface area (Å²) in [5, 5.41) is 0. The summed E-state index contributed by atoms with van der Waals surface area (Å²) in [6.07, 6.45) is 12.9. The number of ether oxygens (including phenoxy) is 3. The lowest BCUT2D eigenvalue weighted by molar-refractivity contribution is -0.139. The first-order valence-electron chi connectivity index (χ1n) is 15.6. The standard InChI is InChI=1S/C34H42N2O6/c1-20(2)17-36(30(38)10-7-23-11-14-40-19-23)26-9-8-25-27-15-24-28(41-21(3)37)16-29(39-4)32-31(24)34(25,33(26)42-32)12-13-35(27)18-22-5-6-22/h7,10-11,14,16,19-20,22,25-27,33H,5-6,8-9,12-13,15,17-18H2,1-4H3/t25-,26+,27+,33+,34-/m0/s1. The largest absolute Gasteiger partial charge is 0.493 e.